The molecule has 20 heavy (non-hydrogen) atoms. The second-order valence-electron chi connectivity index (χ2n) is 4.16. The lowest BCUT2D eigenvalue weighted by Crippen LogP contribution is -2.02. The lowest BCUT2D eigenvalue weighted by atomic mass is 10.2. The predicted octanol–water partition coefficient (Wildman–Crippen LogP) is 3.78. The summed E-state index contributed by atoms with van der Waals surface area (Å²) in [5.74, 6) is 0.720. The topological polar surface area (TPSA) is 81.2 Å². The molecule has 0 radical (unpaired) electrons. The van der Waals surface area contributed by atoms with Crippen LogP contribution in [0.25, 0.3) is 0 Å². The van der Waals surface area contributed by atoms with E-state index in [0.717, 1.165) is 23.2 Å². The SMILES string of the molecule is CCNc1cccc(Sc2nc(C)c(C)o2)c1[N+](=O)[O-]. The number of rotatable bonds is 5. The number of anilines is 1. The molecule has 2 aromatic rings. The number of nitrogens with one attached hydrogen (secondary N) is 1. The number of nitrogens with zero attached hydrogens (tertiary/aromatic N) is 2. The summed E-state index contributed by atoms with van der Waals surface area (Å²) in [5.41, 5.74) is 1.34. The normalized spacial score (nSPS) is 10.6. The Hall–Kier alpha value is -2.02. The third-order valence-electron chi connectivity index (χ3n) is 2.75. The third kappa shape index (κ3) is 2.93. The minimum Gasteiger partial charge on any atom is -0.436 e. The average molecular weight is 293 g/mol. The van der Waals surface area contributed by atoms with Gasteiger partial charge in [0.15, 0.2) is 0 Å². The van der Waals surface area contributed by atoms with Crippen molar-refractivity contribution < 1.29 is 9.34 Å². The van der Waals surface area contributed by atoms with Gasteiger partial charge in [0.2, 0.25) is 0 Å². The van der Waals surface area contributed by atoms with Gasteiger partial charge < -0.3 is 9.73 Å². The summed E-state index contributed by atoms with van der Waals surface area (Å²) in [6, 6.07) is 5.16. The maximum absolute atomic E-state index is 11.3. The summed E-state index contributed by atoms with van der Waals surface area (Å²) >= 11 is 1.16. The molecule has 1 heterocycles. The van der Waals surface area contributed by atoms with Gasteiger partial charge in [0.25, 0.3) is 5.22 Å². The molecule has 106 valence electrons. The molecule has 2 rings (SSSR count). The van der Waals surface area contributed by atoms with Gasteiger partial charge in [-0.1, -0.05) is 6.07 Å². The van der Waals surface area contributed by atoms with Crippen LogP contribution >= 0.6 is 11.8 Å². The molecule has 0 saturated heterocycles. The first-order valence-corrected chi connectivity index (χ1v) is 6.97. The van der Waals surface area contributed by atoms with Crippen LogP contribution < -0.4 is 5.32 Å². The smallest absolute Gasteiger partial charge is 0.306 e. The second-order valence-corrected chi connectivity index (χ2v) is 5.16. The molecule has 0 aliphatic carbocycles. The van der Waals surface area contributed by atoms with Crippen LogP contribution in [0.3, 0.4) is 0 Å². The molecular weight excluding hydrogens is 278 g/mol. The van der Waals surface area contributed by atoms with Crippen LogP contribution in [0.5, 0.6) is 0 Å². The fourth-order valence-electron chi connectivity index (χ4n) is 1.71. The van der Waals surface area contributed by atoms with Crippen molar-refractivity contribution in [3.05, 3.63) is 39.8 Å². The Morgan fingerprint density at radius 2 is 2.20 bits per heavy atom. The van der Waals surface area contributed by atoms with Gasteiger partial charge in [0, 0.05) is 6.54 Å². The van der Waals surface area contributed by atoms with Crippen LogP contribution in [0, 0.1) is 24.0 Å². The number of benzene rings is 1. The Labute approximate surface area is 120 Å². The van der Waals surface area contributed by atoms with E-state index in [4.69, 9.17) is 4.42 Å². The maximum atomic E-state index is 11.3. The van der Waals surface area contributed by atoms with Crippen molar-refractivity contribution in [3.8, 4) is 0 Å². The molecular formula is C13H15N3O3S. The highest BCUT2D eigenvalue weighted by Gasteiger charge is 2.21. The average Bonchev–Trinajstić information content (AvgIpc) is 2.68. The molecule has 6 nitrogen and oxygen atoms in total. The van der Waals surface area contributed by atoms with Crippen molar-refractivity contribution >= 4 is 23.1 Å². The summed E-state index contributed by atoms with van der Waals surface area (Å²) in [6.45, 7) is 6.17. The van der Waals surface area contributed by atoms with Crippen molar-refractivity contribution in [1.29, 1.82) is 0 Å². The monoisotopic (exact) mass is 293 g/mol. The van der Waals surface area contributed by atoms with Gasteiger partial charge >= 0.3 is 5.69 Å². The molecule has 0 aliphatic heterocycles. The molecule has 0 aliphatic rings. The number of nitro benzene ring substituents is 1. The van der Waals surface area contributed by atoms with Crippen molar-refractivity contribution in [1.82, 2.24) is 4.98 Å². The first-order valence-electron chi connectivity index (χ1n) is 6.16. The van der Waals surface area contributed by atoms with Crippen LogP contribution in [-0.2, 0) is 0 Å². The van der Waals surface area contributed by atoms with Gasteiger partial charge in [0.05, 0.1) is 15.5 Å². The fourth-order valence-corrected chi connectivity index (χ4v) is 2.67. The van der Waals surface area contributed by atoms with Crippen LogP contribution in [0.2, 0.25) is 0 Å². The Balaban J connectivity index is 2.40. The number of hydrogen-bond acceptors (Lipinski definition) is 6. The van der Waals surface area contributed by atoms with E-state index >= 15 is 0 Å². The van der Waals surface area contributed by atoms with Crippen LogP contribution in [0.15, 0.2) is 32.7 Å². The van der Waals surface area contributed by atoms with E-state index < -0.39 is 0 Å². The van der Waals surface area contributed by atoms with E-state index in [9.17, 15) is 10.1 Å². The third-order valence-corrected chi connectivity index (χ3v) is 3.65. The summed E-state index contributed by atoms with van der Waals surface area (Å²) in [7, 11) is 0. The Kier molecular flexibility index (Phi) is 4.29. The Morgan fingerprint density at radius 3 is 2.75 bits per heavy atom. The van der Waals surface area contributed by atoms with E-state index in [2.05, 4.69) is 10.3 Å². The van der Waals surface area contributed by atoms with Gasteiger partial charge in [-0.2, -0.15) is 0 Å². The Morgan fingerprint density at radius 1 is 1.45 bits per heavy atom. The van der Waals surface area contributed by atoms with Crippen molar-refractivity contribution in [3.63, 3.8) is 0 Å². The first-order chi connectivity index (χ1) is 9.52. The predicted molar refractivity (Wildman–Crippen MR) is 77.4 cm³/mol. The molecule has 0 amide bonds. The summed E-state index contributed by atoms with van der Waals surface area (Å²) in [6.07, 6.45) is 0. The van der Waals surface area contributed by atoms with E-state index in [1.54, 1.807) is 18.2 Å². The lowest BCUT2D eigenvalue weighted by molar-refractivity contribution is -0.386. The number of hydrogen-bond donors (Lipinski definition) is 1. The molecule has 0 bridgehead atoms. The highest BCUT2D eigenvalue weighted by molar-refractivity contribution is 7.99. The second kappa shape index (κ2) is 5.96. The van der Waals surface area contributed by atoms with Gasteiger partial charge in [-0.05, 0) is 44.7 Å². The first kappa shape index (κ1) is 14.4. The van der Waals surface area contributed by atoms with Crippen LogP contribution in [0.1, 0.15) is 18.4 Å². The molecule has 1 N–H and O–H groups in total. The van der Waals surface area contributed by atoms with E-state index in [-0.39, 0.29) is 10.6 Å². The van der Waals surface area contributed by atoms with Gasteiger partial charge in [0.1, 0.15) is 11.4 Å². The molecule has 0 spiro atoms. The van der Waals surface area contributed by atoms with Crippen molar-refractivity contribution in [2.24, 2.45) is 0 Å². The molecule has 0 unspecified atom stereocenters. The summed E-state index contributed by atoms with van der Waals surface area (Å²) in [5, 5.41) is 14.7. The summed E-state index contributed by atoms with van der Waals surface area (Å²) < 4.78 is 5.46. The molecule has 1 aromatic carbocycles. The van der Waals surface area contributed by atoms with E-state index in [0.29, 0.717) is 22.4 Å². The fraction of sp³-hybridized carbons (Fsp3) is 0.308. The quantitative estimate of drug-likeness (QED) is 0.667. The van der Waals surface area contributed by atoms with Crippen molar-refractivity contribution in [2.75, 3.05) is 11.9 Å². The highest BCUT2D eigenvalue weighted by Crippen LogP contribution is 2.39. The highest BCUT2D eigenvalue weighted by atomic mass is 32.2. The maximum Gasteiger partial charge on any atom is 0.306 e. The molecule has 0 atom stereocenters. The lowest BCUT2D eigenvalue weighted by Gasteiger charge is -2.07. The zero-order chi connectivity index (χ0) is 14.7. The number of oxazole rings is 1. The van der Waals surface area contributed by atoms with Crippen LogP contribution in [-0.4, -0.2) is 16.5 Å². The Bertz CT molecular complexity index is 620. The minimum atomic E-state index is -0.386. The van der Waals surface area contributed by atoms with Gasteiger partial charge in [-0.3, -0.25) is 10.1 Å². The largest absolute Gasteiger partial charge is 0.436 e. The molecule has 7 heteroatoms. The molecule has 1 aromatic heterocycles. The zero-order valence-electron chi connectivity index (χ0n) is 11.5. The minimum absolute atomic E-state index is 0.0489. The zero-order valence-corrected chi connectivity index (χ0v) is 12.3. The van der Waals surface area contributed by atoms with Crippen molar-refractivity contribution in [2.45, 2.75) is 30.9 Å². The van der Waals surface area contributed by atoms with E-state index in [1.807, 2.05) is 20.8 Å². The summed E-state index contributed by atoms with van der Waals surface area (Å²) in [4.78, 5) is 15.6. The van der Waals surface area contributed by atoms with Crippen LogP contribution in [0.4, 0.5) is 11.4 Å². The van der Waals surface area contributed by atoms with Gasteiger partial charge in [-0.25, -0.2) is 4.98 Å². The standard InChI is InChI=1S/C13H15N3O3S/c1-4-14-10-6-5-7-11(12(10)16(17)18)20-13-15-8(2)9(3)19-13/h5-7,14H,4H2,1-3H3. The molecule has 0 saturated carbocycles. The number of aryl methyl sites for hydroxylation is 2. The van der Waals surface area contributed by atoms with E-state index in [1.165, 1.54) is 0 Å². The molecule has 0 fully saturated rings. The number of aromatic nitrogens is 1. The number of nitro groups is 1. The number of para-hydroxylation sites is 1. The van der Waals surface area contributed by atoms with Gasteiger partial charge in [-0.15, -0.1) is 0 Å².